The van der Waals surface area contributed by atoms with Gasteiger partial charge in [-0.1, -0.05) is 85.6 Å². The van der Waals surface area contributed by atoms with Gasteiger partial charge in [0.25, 0.3) is 5.91 Å². The third-order valence-electron chi connectivity index (χ3n) is 7.48. The van der Waals surface area contributed by atoms with Crippen molar-refractivity contribution < 1.29 is 45.9 Å². The van der Waals surface area contributed by atoms with Crippen molar-refractivity contribution in [1.29, 1.82) is 0 Å². The maximum atomic E-state index is 14.8. The molecule has 0 aromatic heterocycles. The SMILES string of the molecule is COc1ccc(C[C@H](NC(=O)CC(c2ccccc2)c2ccc(Cl)c(Cl)c2)C(=O)N[C@H](C(=O)C(F)(F)C(=O)NCC(F)(F)F)C(C)C)cc1. The summed E-state index contributed by atoms with van der Waals surface area (Å²) in [7, 11) is 1.45. The molecule has 0 aliphatic carbocycles. The summed E-state index contributed by atoms with van der Waals surface area (Å²) in [5, 5.41) is 6.37. The van der Waals surface area contributed by atoms with Crippen LogP contribution in [0.3, 0.4) is 0 Å². The standard InChI is InChI=1S/C34H34Cl2F5N3O5/c1-19(2)29(30(46)34(40,41)32(48)42-18-33(37,38)39)44-31(47)27(15-20-9-12-23(49-3)13-10-20)43-28(45)17-24(21-7-5-4-6-8-21)22-11-14-25(35)26(36)16-22/h4-14,16,19,24,27,29H,15,17-18H2,1-3H3,(H,42,48)(H,43,45)(H,44,47)/t24?,27-,29-/m0/s1. The number of hydrogen-bond acceptors (Lipinski definition) is 5. The van der Waals surface area contributed by atoms with E-state index in [4.69, 9.17) is 27.9 Å². The van der Waals surface area contributed by atoms with Crippen molar-refractivity contribution >= 4 is 46.7 Å². The Morgan fingerprint density at radius 2 is 1.45 bits per heavy atom. The molecule has 0 bridgehead atoms. The van der Waals surface area contributed by atoms with Gasteiger partial charge in [0, 0.05) is 18.8 Å². The molecule has 3 aromatic carbocycles. The van der Waals surface area contributed by atoms with Crippen LogP contribution in [0.2, 0.25) is 10.0 Å². The van der Waals surface area contributed by atoms with Gasteiger partial charge < -0.3 is 20.7 Å². The van der Waals surface area contributed by atoms with Crippen LogP contribution in [-0.2, 0) is 25.6 Å². The van der Waals surface area contributed by atoms with Crippen LogP contribution < -0.4 is 20.7 Å². The summed E-state index contributed by atoms with van der Waals surface area (Å²) in [5.74, 6) is -12.3. The zero-order valence-electron chi connectivity index (χ0n) is 26.5. The third-order valence-corrected chi connectivity index (χ3v) is 8.22. The normalized spacial score (nSPS) is 13.6. The number of carbonyl (C=O) groups is 4. The van der Waals surface area contributed by atoms with E-state index in [0.29, 0.717) is 21.9 Å². The Morgan fingerprint density at radius 3 is 2.00 bits per heavy atom. The molecule has 0 fully saturated rings. The number of Topliss-reactive ketones (excluding diaryl/α,β-unsaturated/α-hetero) is 1. The molecule has 1 unspecified atom stereocenters. The van der Waals surface area contributed by atoms with Crippen LogP contribution in [0.1, 0.15) is 42.9 Å². The molecule has 3 atom stereocenters. The summed E-state index contributed by atoms with van der Waals surface area (Å²) in [6.45, 7) is 0.506. The number of methoxy groups -OCH3 is 1. The molecule has 0 saturated carbocycles. The summed E-state index contributed by atoms with van der Waals surface area (Å²) in [6.07, 6.45) is -5.36. The van der Waals surface area contributed by atoms with Gasteiger partial charge in [-0.3, -0.25) is 19.2 Å². The molecule has 0 heterocycles. The molecule has 3 amide bonds. The van der Waals surface area contributed by atoms with Gasteiger partial charge in [-0.25, -0.2) is 0 Å². The Morgan fingerprint density at radius 1 is 0.816 bits per heavy atom. The lowest BCUT2D eigenvalue weighted by molar-refractivity contribution is -0.165. The Labute approximate surface area is 289 Å². The van der Waals surface area contributed by atoms with Gasteiger partial charge in [-0.15, -0.1) is 0 Å². The second kappa shape index (κ2) is 16.9. The molecule has 8 nitrogen and oxygen atoms in total. The highest BCUT2D eigenvalue weighted by atomic mass is 35.5. The van der Waals surface area contributed by atoms with Gasteiger partial charge in [-0.2, -0.15) is 22.0 Å². The Balaban J connectivity index is 1.90. The summed E-state index contributed by atoms with van der Waals surface area (Å²) < 4.78 is 72.4. The van der Waals surface area contributed by atoms with Crippen LogP contribution in [0.25, 0.3) is 0 Å². The summed E-state index contributed by atoms with van der Waals surface area (Å²) >= 11 is 12.4. The first kappa shape index (κ1) is 39.2. The fourth-order valence-electron chi connectivity index (χ4n) is 4.88. The van der Waals surface area contributed by atoms with Gasteiger partial charge in [0.1, 0.15) is 18.3 Å². The summed E-state index contributed by atoms with van der Waals surface area (Å²) in [5.41, 5.74) is 1.90. The maximum Gasteiger partial charge on any atom is 0.405 e. The predicted octanol–water partition coefficient (Wildman–Crippen LogP) is 6.28. The third kappa shape index (κ3) is 11.1. The second-order valence-corrected chi connectivity index (χ2v) is 12.3. The number of ether oxygens (including phenoxy) is 1. The number of amides is 3. The van der Waals surface area contributed by atoms with E-state index in [1.54, 1.807) is 72.8 Å². The van der Waals surface area contributed by atoms with Crippen molar-refractivity contribution in [3.8, 4) is 5.75 Å². The van der Waals surface area contributed by atoms with Crippen LogP contribution >= 0.6 is 23.2 Å². The molecule has 0 spiro atoms. The average molecular weight is 731 g/mol. The van der Waals surface area contributed by atoms with Crippen molar-refractivity contribution in [2.24, 2.45) is 5.92 Å². The highest BCUT2D eigenvalue weighted by Crippen LogP contribution is 2.33. The van der Waals surface area contributed by atoms with E-state index in [-0.39, 0.29) is 17.9 Å². The van der Waals surface area contributed by atoms with E-state index < -0.39 is 66.1 Å². The molecular formula is C34H34Cl2F5N3O5. The molecule has 0 aliphatic rings. The number of carbonyl (C=O) groups excluding carboxylic acids is 4. The van der Waals surface area contributed by atoms with Gasteiger partial charge in [0.15, 0.2) is 0 Å². The molecule has 49 heavy (non-hydrogen) atoms. The van der Waals surface area contributed by atoms with Crippen molar-refractivity contribution in [3.63, 3.8) is 0 Å². The molecule has 3 aromatic rings. The first-order chi connectivity index (χ1) is 22.9. The zero-order chi connectivity index (χ0) is 36.5. The lowest BCUT2D eigenvalue weighted by atomic mass is 9.88. The molecule has 3 rings (SSSR count). The van der Waals surface area contributed by atoms with Crippen LogP contribution in [0.5, 0.6) is 5.75 Å². The minimum atomic E-state index is -5.01. The quantitative estimate of drug-likeness (QED) is 0.126. The van der Waals surface area contributed by atoms with E-state index in [2.05, 4.69) is 10.6 Å². The number of rotatable bonds is 15. The molecule has 264 valence electrons. The summed E-state index contributed by atoms with van der Waals surface area (Å²) in [4.78, 5) is 52.1. The number of halogens is 7. The van der Waals surface area contributed by atoms with E-state index in [0.717, 1.165) is 10.9 Å². The Bertz CT molecular complexity index is 1620. The lowest BCUT2D eigenvalue weighted by Gasteiger charge is -2.28. The zero-order valence-corrected chi connectivity index (χ0v) is 28.1. The number of benzene rings is 3. The second-order valence-electron chi connectivity index (χ2n) is 11.5. The highest BCUT2D eigenvalue weighted by molar-refractivity contribution is 6.42. The first-order valence-corrected chi connectivity index (χ1v) is 15.7. The molecule has 0 radical (unpaired) electrons. The van der Waals surface area contributed by atoms with Gasteiger partial charge in [0.2, 0.25) is 17.6 Å². The van der Waals surface area contributed by atoms with Crippen LogP contribution in [0.4, 0.5) is 22.0 Å². The van der Waals surface area contributed by atoms with E-state index in [1.165, 1.54) is 21.0 Å². The van der Waals surface area contributed by atoms with E-state index in [1.807, 2.05) is 0 Å². The van der Waals surface area contributed by atoms with Crippen LogP contribution in [-0.4, -0.2) is 61.3 Å². The van der Waals surface area contributed by atoms with Crippen molar-refractivity contribution in [1.82, 2.24) is 16.0 Å². The van der Waals surface area contributed by atoms with Gasteiger partial charge in [0.05, 0.1) is 23.2 Å². The lowest BCUT2D eigenvalue weighted by Crippen LogP contribution is -2.59. The first-order valence-electron chi connectivity index (χ1n) is 14.9. The van der Waals surface area contributed by atoms with Crippen molar-refractivity contribution in [2.45, 2.75) is 56.8 Å². The maximum absolute atomic E-state index is 14.8. The topological polar surface area (TPSA) is 114 Å². The van der Waals surface area contributed by atoms with Crippen LogP contribution in [0.15, 0.2) is 72.8 Å². The largest absolute Gasteiger partial charge is 0.497 e. The highest BCUT2D eigenvalue weighted by Gasteiger charge is 2.52. The van der Waals surface area contributed by atoms with E-state index >= 15 is 0 Å². The fraction of sp³-hybridized carbons (Fsp3) is 0.353. The van der Waals surface area contributed by atoms with Gasteiger partial charge >= 0.3 is 12.1 Å². The van der Waals surface area contributed by atoms with Crippen molar-refractivity contribution in [3.05, 3.63) is 99.5 Å². The molecule has 15 heteroatoms. The number of nitrogens with one attached hydrogen (secondary N) is 3. The average Bonchev–Trinajstić information content (AvgIpc) is 3.05. The molecule has 0 aliphatic heterocycles. The molecule has 0 saturated heterocycles. The monoisotopic (exact) mass is 729 g/mol. The molecule has 3 N–H and O–H groups in total. The number of alkyl halides is 5. The number of ketones is 1. The fourth-order valence-corrected chi connectivity index (χ4v) is 5.18. The van der Waals surface area contributed by atoms with Crippen molar-refractivity contribution in [2.75, 3.05) is 13.7 Å². The minimum Gasteiger partial charge on any atom is -0.497 e. The minimum absolute atomic E-state index is 0.161. The molecular weight excluding hydrogens is 696 g/mol. The Kier molecular flexibility index (Phi) is 13.5. The summed E-state index contributed by atoms with van der Waals surface area (Å²) in [6, 6.07) is 16.8. The van der Waals surface area contributed by atoms with Crippen LogP contribution in [0, 0.1) is 5.92 Å². The Hall–Kier alpha value is -4.23. The number of hydrogen-bond donors (Lipinski definition) is 3. The van der Waals surface area contributed by atoms with Gasteiger partial charge in [-0.05, 0) is 46.9 Å². The smallest absolute Gasteiger partial charge is 0.405 e. The van der Waals surface area contributed by atoms with E-state index in [9.17, 15) is 41.1 Å². The predicted molar refractivity (Wildman–Crippen MR) is 174 cm³/mol.